The number of hydrogen-bond acceptors (Lipinski definition) is 3. The Balaban J connectivity index is 2.02. The highest BCUT2D eigenvalue weighted by molar-refractivity contribution is 5.80. The average Bonchev–Trinajstić information content (AvgIpc) is 2.61. The Morgan fingerprint density at radius 3 is 2.04 bits per heavy atom. The van der Waals surface area contributed by atoms with Crippen LogP contribution in [0.1, 0.15) is 43.5 Å². The summed E-state index contributed by atoms with van der Waals surface area (Å²) in [6.07, 6.45) is -1.01. The van der Waals surface area contributed by atoms with E-state index < -0.39 is 6.10 Å². The minimum absolute atomic E-state index is 0.171. The van der Waals surface area contributed by atoms with Gasteiger partial charge < -0.3 is 15.2 Å². The lowest BCUT2D eigenvalue weighted by Gasteiger charge is -2.15. The van der Waals surface area contributed by atoms with Crippen LogP contribution in [0, 0.1) is 11.8 Å². The first-order chi connectivity index (χ1) is 12.0. The summed E-state index contributed by atoms with van der Waals surface area (Å²) in [4.78, 5) is 11.5. The molecule has 0 fully saturated rings. The number of benzene rings is 2. The molecule has 0 saturated carbocycles. The zero-order chi connectivity index (χ0) is 18.2. The zero-order valence-electron chi connectivity index (χ0n) is 14.7. The van der Waals surface area contributed by atoms with E-state index in [-0.39, 0.29) is 11.9 Å². The summed E-state index contributed by atoms with van der Waals surface area (Å²) in [5.41, 5.74) is 2.78. The van der Waals surface area contributed by atoms with E-state index in [4.69, 9.17) is 4.74 Å². The first-order valence-corrected chi connectivity index (χ1v) is 8.33. The predicted molar refractivity (Wildman–Crippen MR) is 98.3 cm³/mol. The van der Waals surface area contributed by atoms with Gasteiger partial charge in [-0.15, -0.1) is 0 Å². The number of rotatable bonds is 5. The number of ether oxygens (including phenoxy) is 1. The summed E-state index contributed by atoms with van der Waals surface area (Å²) in [7, 11) is 0. The third kappa shape index (κ3) is 5.66. The summed E-state index contributed by atoms with van der Waals surface area (Å²) < 4.78 is 5.41. The molecule has 4 nitrogen and oxygen atoms in total. The minimum atomic E-state index is -1.01. The molecule has 0 aliphatic heterocycles. The molecule has 2 atom stereocenters. The fraction of sp³-hybridized carbons (Fsp3) is 0.286. The molecule has 0 spiro atoms. The molecule has 2 aromatic carbocycles. The number of aliphatic hydroxyl groups is 1. The van der Waals surface area contributed by atoms with Crippen LogP contribution in [-0.4, -0.2) is 23.7 Å². The Labute approximate surface area is 148 Å². The molecule has 2 unspecified atom stereocenters. The lowest BCUT2D eigenvalue weighted by Crippen LogP contribution is -2.34. The van der Waals surface area contributed by atoms with Crippen molar-refractivity contribution in [1.82, 2.24) is 5.32 Å². The van der Waals surface area contributed by atoms with Crippen LogP contribution >= 0.6 is 0 Å². The van der Waals surface area contributed by atoms with Gasteiger partial charge in [0.2, 0.25) is 5.91 Å². The molecule has 2 aromatic rings. The van der Waals surface area contributed by atoms with E-state index >= 15 is 0 Å². The molecule has 0 radical (unpaired) electrons. The Morgan fingerprint density at radius 1 is 1.04 bits per heavy atom. The lowest BCUT2D eigenvalue weighted by atomic mass is 10.1. The van der Waals surface area contributed by atoms with Crippen LogP contribution < -0.4 is 10.1 Å². The van der Waals surface area contributed by atoms with Crippen LogP contribution in [0.5, 0.6) is 5.75 Å². The van der Waals surface area contributed by atoms with E-state index in [9.17, 15) is 9.90 Å². The Morgan fingerprint density at radius 2 is 1.56 bits per heavy atom. The SMILES string of the molecule is CCOc1ccc(C#Cc2ccc(C(C)NC(=O)C(C)O)cc2)cc1. The maximum Gasteiger partial charge on any atom is 0.249 e. The highest BCUT2D eigenvalue weighted by Gasteiger charge is 2.13. The molecule has 1 amide bonds. The molecule has 0 aromatic heterocycles. The van der Waals surface area contributed by atoms with Crippen molar-refractivity contribution >= 4 is 5.91 Å². The van der Waals surface area contributed by atoms with Crippen molar-refractivity contribution in [2.75, 3.05) is 6.61 Å². The largest absolute Gasteiger partial charge is 0.494 e. The first-order valence-electron chi connectivity index (χ1n) is 8.33. The van der Waals surface area contributed by atoms with Gasteiger partial charge in [-0.2, -0.15) is 0 Å². The molecule has 0 aliphatic carbocycles. The molecule has 4 heteroatoms. The number of amides is 1. The van der Waals surface area contributed by atoms with Gasteiger partial charge in [0, 0.05) is 11.1 Å². The number of aliphatic hydroxyl groups excluding tert-OH is 1. The molecule has 2 N–H and O–H groups in total. The van der Waals surface area contributed by atoms with Crippen molar-refractivity contribution in [2.24, 2.45) is 0 Å². The topological polar surface area (TPSA) is 58.6 Å². The lowest BCUT2D eigenvalue weighted by molar-refractivity contribution is -0.129. The van der Waals surface area contributed by atoms with Gasteiger partial charge in [-0.25, -0.2) is 0 Å². The van der Waals surface area contributed by atoms with Crippen LogP contribution in [-0.2, 0) is 4.79 Å². The van der Waals surface area contributed by atoms with Gasteiger partial charge in [0.1, 0.15) is 11.9 Å². The maximum absolute atomic E-state index is 11.5. The van der Waals surface area contributed by atoms with Gasteiger partial charge in [-0.1, -0.05) is 24.0 Å². The summed E-state index contributed by atoms with van der Waals surface area (Å²) >= 11 is 0. The van der Waals surface area contributed by atoms with Crippen LogP contribution in [0.2, 0.25) is 0 Å². The van der Waals surface area contributed by atoms with Gasteiger partial charge in [-0.05, 0) is 62.7 Å². The van der Waals surface area contributed by atoms with Crippen molar-refractivity contribution in [3.05, 3.63) is 65.2 Å². The van der Waals surface area contributed by atoms with Crippen molar-refractivity contribution in [3.63, 3.8) is 0 Å². The van der Waals surface area contributed by atoms with Crippen molar-refractivity contribution in [1.29, 1.82) is 0 Å². The molecular weight excluding hydrogens is 314 g/mol. The molecule has 0 heterocycles. The molecule has 130 valence electrons. The quantitative estimate of drug-likeness (QED) is 0.825. The summed E-state index contributed by atoms with van der Waals surface area (Å²) in [6, 6.07) is 15.2. The highest BCUT2D eigenvalue weighted by Crippen LogP contribution is 2.14. The van der Waals surface area contributed by atoms with Crippen molar-refractivity contribution < 1.29 is 14.6 Å². The van der Waals surface area contributed by atoms with E-state index in [1.807, 2.05) is 62.4 Å². The van der Waals surface area contributed by atoms with E-state index in [2.05, 4.69) is 17.2 Å². The average molecular weight is 337 g/mol. The van der Waals surface area contributed by atoms with E-state index in [1.165, 1.54) is 6.92 Å². The van der Waals surface area contributed by atoms with Gasteiger partial charge >= 0.3 is 0 Å². The van der Waals surface area contributed by atoms with Crippen LogP contribution in [0.4, 0.5) is 0 Å². The Hall–Kier alpha value is -2.77. The van der Waals surface area contributed by atoms with Crippen molar-refractivity contribution in [2.45, 2.75) is 32.9 Å². The predicted octanol–water partition coefficient (Wildman–Crippen LogP) is 3.04. The van der Waals surface area contributed by atoms with Crippen LogP contribution in [0.3, 0.4) is 0 Å². The molecule has 0 saturated heterocycles. The Kier molecular flexibility index (Phi) is 6.62. The van der Waals surface area contributed by atoms with Gasteiger partial charge in [0.05, 0.1) is 12.6 Å². The molecule has 2 rings (SSSR count). The van der Waals surface area contributed by atoms with Gasteiger partial charge in [0.15, 0.2) is 0 Å². The first kappa shape index (κ1) is 18.6. The maximum atomic E-state index is 11.5. The Bertz CT molecular complexity index is 752. The zero-order valence-corrected chi connectivity index (χ0v) is 14.7. The second-order valence-electron chi connectivity index (χ2n) is 5.74. The monoisotopic (exact) mass is 337 g/mol. The summed E-state index contributed by atoms with van der Waals surface area (Å²) in [5.74, 6) is 6.69. The minimum Gasteiger partial charge on any atom is -0.494 e. The third-order valence-electron chi connectivity index (χ3n) is 3.67. The summed E-state index contributed by atoms with van der Waals surface area (Å²) in [5, 5.41) is 12.0. The standard InChI is InChI=1S/C21H23NO3/c1-4-25-20-13-9-18(10-14-20)6-5-17-7-11-19(12-8-17)15(2)22-21(24)16(3)23/h7-16,23H,4H2,1-3H3,(H,22,24). The smallest absolute Gasteiger partial charge is 0.249 e. The second kappa shape index (κ2) is 8.91. The highest BCUT2D eigenvalue weighted by atomic mass is 16.5. The van der Waals surface area contributed by atoms with Gasteiger partial charge in [0.25, 0.3) is 0 Å². The number of carbonyl (C=O) groups excluding carboxylic acids is 1. The van der Waals surface area contributed by atoms with E-state index in [0.717, 1.165) is 22.4 Å². The number of hydrogen-bond donors (Lipinski definition) is 2. The molecule has 0 bridgehead atoms. The van der Waals surface area contributed by atoms with Crippen LogP contribution in [0.15, 0.2) is 48.5 Å². The molecular formula is C21H23NO3. The van der Waals surface area contributed by atoms with E-state index in [0.29, 0.717) is 6.61 Å². The molecule has 0 aliphatic rings. The third-order valence-corrected chi connectivity index (χ3v) is 3.67. The van der Waals surface area contributed by atoms with Gasteiger partial charge in [-0.3, -0.25) is 4.79 Å². The van der Waals surface area contributed by atoms with Crippen molar-refractivity contribution in [3.8, 4) is 17.6 Å². The number of carbonyl (C=O) groups is 1. The fourth-order valence-electron chi connectivity index (χ4n) is 2.22. The summed E-state index contributed by atoms with van der Waals surface area (Å²) in [6.45, 7) is 5.92. The fourth-order valence-corrected chi connectivity index (χ4v) is 2.22. The number of nitrogens with one attached hydrogen (secondary N) is 1. The van der Waals surface area contributed by atoms with E-state index in [1.54, 1.807) is 0 Å². The van der Waals surface area contributed by atoms with Crippen LogP contribution in [0.25, 0.3) is 0 Å². The normalized spacial score (nSPS) is 12.5. The second-order valence-corrected chi connectivity index (χ2v) is 5.74. The molecule has 25 heavy (non-hydrogen) atoms.